The van der Waals surface area contributed by atoms with E-state index < -0.39 is 12.0 Å². The van der Waals surface area contributed by atoms with Gasteiger partial charge < -0.3 is 10.4 Å². The molecule has 0 bridgehead atoms. The van der Waals surface area contributed by atoms with E-state index in [0.717, 1.165) is 0 Å². The largest absolute Gasteiger partial charge is 0.479 e. The van der Waals surface area contributed by atoms with Crippen molar-refractivity contribution in [3.63, 3.8) is 0 Å². The molecule has 92 valence electrons. The summed E-state index contributed by atoms with van der Waals surface area (Å²) >= 11 is 4.09. The number of benzene rings is 1. The first-order valence-electron chi connectivity index (χ1n) is 5.26. The zero-order valence-electron chi connectivity index (χ0n) is 9.46. The van der Waals surface area contributed by atoms with Crippen molar-refractivity contribution >= 4 is 24.5 Å². The van der Waals surface area contributed by atoms with Crippen molar-refractivity contribution < 1.29 is 14.7 Å². The third-order valence-electron chi connectivity index (χ3n) is 2.17. The van der Waals surface area contributed by atoms with Gasteiger partial charge in [-0.2, -0.15) is 12.6 Å². The van der Waals surface area contributed by atoms with Gasteiger partial charge >= 0.3 is 5.97 Å². The maximum Gasteiger partial charge on any atom is 0.330 e. The number of hydrogen-bond acceptors (Lipinski definition) is 3. The lowest BCUT2D eigenvalue weighted by Gasteiger charge is -2.15. The summed E-state index contributed by atoms with van der Waals surface area (Å²) in [4.78, 5) is 22.6. The van der Waals surface area contributed by atoms with Gasteiger partial charge in [0, 0.05) is 11.7 Å². The summed E-state index contributed by atoms with van der Waals surface area (Å²) in [6.45, 7) is 1.78. The predicted molar refractivity (Wildman–Crippen MR) is 68.0 cm³/mol. The molecule has 0 radical (unpaired) electrons. The van der Waals surface area contributed by atoms with Crippen LogP contribution in [0.15, 0.2) is 30.3 Å². The Bertz CT molecular complexity index is 392. The Hall–Kier alpha value is -1.49. The van der Waals surface area contributed by atoms with Gasteiger partial charge in [0.05, 0.1) is 0 Å². The van der Waals surface area contributed by atoms with Crippen LogP contribution in [0, 0.1) is 0 Å². The van der Waals surface area contributed by atoms with E-state index in [0.29, 0.717) is 5.56 Å². The minimum atomic E-state index is -1.07. The average molecular weight is 253 g/mol. The van der Waals surface area contributed by atoms with Gasteiger partial charge in [0.15, 0.2) is 6.04 Å². The molecule has 1 amide bonds. The van der Waals surface area contributed by atoms with E-state index in [4.69, 9.17) is 5.11 Å². The molecule has 0 saturated heterocycles. The van der Waals surface area contributed by atoms with E-state index in [2.05, 4.69) is 17.9 Å². The van der Waals surface area contributed by atoms with Crippen LogP contribution in [-0.4, -0.2) is 22.2 Å². The lowest BCUT2D eigenvalue weighted by Crippen LogP contribution is -2.34. The van der Waals surface area contributed by atoms with Gasteiger partial charge in [0.25, 0.3) is 0 Å². The second kappa shape index (κ2) is 6.30. The number of rotatable bonds is 5. The maximum absolute atomic E-state index is 11.5. The molecular weight excluding hydrogens is 238 g/mol. The van der Waals surface area contributed by atoms with Gasteiger partial charge in [-0.3, -0.25) is 4.79 Å². The molecule has 0 spiro atoms. The van der Waals surface area contributed by atoms with Gasteiger partial charge in [-0.1, -0.05) is 37.3 Å². The number of amides is 1. The second-order valence-electron chi connectivity index (χ2n) is 3.80. The van der Waals surface area contributed by atoms with Crippen molar-refractivity contribution in [2.45, 2.75) is 24.6 Å². The molecule has 0 fully saturated rings. The minimum Gasteiger partial charge on any atom is -0.479 e. The van der Waals surface area contributed by atoms with E-state index in [1.54, 1.807) is 37.3 Å². The summed E-state index contributed by atoms with van der Waals surface area (Å²) in [7, 11) is 0. The average Bonchev–Trinajstić information content (AvgIpc) is 2.25. The molecule has 4 nitrogen and oxygen atoms in total. The molecule has 1 rings (SSSR count). The van der Waals surface area contributed by atoms with Crippen molar-refractivity contribution in [2.75, 3.05) is 0 Å². The zero-order valence-corrected chi connectivity index (χ0v) is 10.4. The first-order chi connectivity index (χ1) is 8.00. The normalized spacial score (nSPS) is 13.8. The van der Waals surface area contributed by atoms with Crippen molar-refractivity contribution in [1.29, 1.82) is 0 Å². The fourth-order valence-electron chi connectivity index (χ4n) is 1.42. The summed E-state index contributed by atoms with van der Waals surface area (Å²) in [6.07, 6.45) is 0.194. The maximum atomic E-state index is 11.5. The third-order valence-corrected chi connectivity index (χ3v) is 2.35. The summed E-state index contributed by atoms with van der Waals surface area (Å²) in [5, 5.41) is 11.5. The van der Waals surface area contributed by atoms with Gasteiger partial charge in [-0.05, 0) is 5.56 Å². The van der Waals surface area contributed by atoms with Crippen LogP contribution in [0.25, 0.3) is 0 Å². The Balaban J connectivity index is 2.75. The molecule has 5 heteroatoms. The molecule has 0 aliphatic heterocycles. The molecule has 0 aliphatic rings. The number of aliphatic carboxylic acids is 1. The number of nitrogens with one attached hydrogen (secondary N) is 1. The second-order valence-corrected chi connectivity index (χ2v) is 4.68. The topological polar surface area (TPSA) is 66.4 Å². The number of hydrogen-bond donors (Lipinski definition) is 3. The SMILES string of the molecule is CC(S)CC(=O)NC(C(=O)O)c1ccccc1. The van der Waals surface area contributed by atoms with Crippen molar-refractivity contribution in [2.24, 2.45) is 0 Å². The van der Waals surface area contributed by atoms with Crippen LogP contribution >= 0.6 is 12.6 Å². The Labute approximate surface area is 105 Å². The Morgan fingerprint density at radius 3 is 2.41 bits per heavy atom. The van der Waals surface area contributed by atoms with E-state index in [1.807, 2.05) is 0 Å². The van der Waals surface area contributed by atoms with Gasteiger partial charge in [0.1, 0.15) is 0 Å². The van der Waals surface area contributed by atoms with Crippen LogP contribution < -0.4 is 5.32 Å². The van der Waals surface area contributed by atoms with Crippen LogP contribution in [0.1, 0.15) is 24.9 Å². The lowest BCUT2D eigenvalue weighted by molar-refractivity contribution is -0.142. The number of carbonyl (C=O) groups excluding carboxylic acids is 1. The van der Waals surface area contributed by atoms with Crippen molar-refractivity contribution in [3.8, 4) is 0 Å². The molecule has 0 saturated carbocycles. The van der Waals surface area contributed by atoms with Crippen molar-refractivity contribution in [1.82, 2.24) is 5.32 Å². The van der Waals surface area contributed by atoms with Crippen LogP contribution in [0.4, 0.5) is 0 Å². The molecule has 0 heterocycles. The van der Waals surface area contributed by atoms with Crippen LogP contribution in [0.5, 0.6) is 0 Å². The quantitative estimate of drug-likeness (QED) is 0.699. The van der Waals surface area contributed by atoms with Crippen LogP contribution in [0.3, 0.4) is 0 Å². The molecule has 2 unspecified atom stereocenters. The highest BCUT2D eigenvalue weighted by Gasteiger charge is 2.21. The first kappa shape index (κ1) is 13.6. The Morgan fingerprint density at radius 2 is 1.94 bits per heavy atom. The molecule has 1 aromatic rings. The summed E-state index contributed by atoms with van der Waals surface area (Å²) in [6, 6.07) is 7.60. The van der Waals surface area contributed by atoms with E-state index in [-0.39, 0.29) is 17.6 Å². The van der Waals surface area contributed by atoms with Gasteiger partial charge in [-0.25, -0.2) is 4.79 Å². The summed E-state index contributed by atoms with van der Waals surface area (Å²) in [5.41, 5.74) is 0.556. The van der Waals surface area contributed by atoms with E-state index in [1.165, 1.54) is 0 Å². The highest BCUT2D eigenvalue weighted by atomic mass is 32.1. The number of carboxylic acid groups (broad SMARTS) is 1. The minimum absolute atomic E-state index is 0.0970. The van der Waals surface area contributed by atoms with E-state index in [9.17, 15) is 9.59 Å². The first-order valence-corrected chi connectivity index (χ1v) is 5.77. The Morgan fingerprint density at radius 1 is 1.35 bits per heavy atom. The lowest BCUT2D eigenvalue weighted by atomic mass is 10.1. The predicted octanol–water partition coefficient (Wildman–Crippen LogP) is 1.64. The van der Waals surface area contributed by atoms with Gasteiger partial charge in [0.2, 0.25) is 5.91 Å². The third kappa shape index (κ3) is 4.48. The molecule has 2 atom stereocenters. The molecule has 2 N–H and O–H groups in total. The molecule has 0 aliphatic carbocycles. The molecule has 17 heavy (non-hydrogen) atoms. The van der Waals surface area contributed by atoms with Crippen LogP contribution in [0.2, 0.25) is 0 Å². The van der Waals surface area contributed by atoms with Crippen molar-refractivity contribution in [3.05, 3.63) is 35.9 Å². The Kier molecular flexibility index (Phi) is 5.03. The fraction of sp³-hybridized carbons (Fsp3) is 0.333. The summed E-state index contributed by atoms with van der Waals surface area (Å²) in [5.74, 6) is -1.39. The highest BCUT2D eigenvalue weighted by Crippen LogP contribution is 2.13. The number of thiol groups is 1. The smallest absolute Gasteiger partial charge is 0.330 e. The molecular formula is C12H15NO3S. The standard InChI is InChI=1S/C12H15NO3S/c1-8(17)7-10(14)13-11(12(15)16)9-5-3-2-4-6-9/h2-6,8,11,17H,7H2,1H3,(H,13,14)(H,15,16). The zero-order chi connectivity index (χ0) is 12.8. The number of carboxylic acids is 1. The fourth-order valence-corrected chi connectivity index (χ4v) is 1.59. The van der Waals surface area contributed by atoms with E-state index >= 15 is 0 Å². The molecule has 1 aromatic carbocycles. The summed E-state index contributed by atoms with van der Waals surface area (Å²) < 4.78 is 0. The number of carbonyl (C=O) groups is 2. The van der Waals surface area contributed by atoms with Crippen LogP contribution in [-0.2, 0) is 9.59 Å². The highest BCUT2D eigenvalue weighted by molar-refractivity contribution is 7.80. The van der Waals surface area contributed by atoms with Gasteiger partial charge in [-0.15, -0.1) is 0 Å². The molecule has 0 aromatic heterocycles. The monoisotopic (exact) mass is 253 g/mol.